The number of aromatic nitrogens is 2. The smallest absolute Gasteiger partial charge is 0.290 e. The molecule has 9 nitrogen and oxygen atoms in total. The van der Waals surface area contributed by atoms with Crippen molar-refractivity contribution >= 4 is 22.7 Å². The molecule has 0 saturated heterocycles. The molecule has 0 radical (unpaired) electrons. The predicted molar refractivity (Wildman–Crippen MR) is 131 cm³/mol. The Kier molecular flexibility index (Phi) is 6.20. The third-order valence-corrected chi connectivity index (χ3v) is 6.30. The number of aryl methyl sites for hydroxylation is 1. The largest absolute Gasteiger partial charge is 0.503 e. The topological polar surface area (TPSA) is 107 Å². The number of aliphatic hydroxyl groups excluding tert-OH is 1. The number of benzene rings is 2. The molecule has 1 atom stereocenters. The molecule has 0 aliphatic carbocycles. The fourth-order valence-electron chi connectivity index (χ4n) is 4.55. The maximum Gasteiger partial charge on any atom is 0.290 e. The molecule has 1 aliphatic rings. The Hall–Kier alpha value is -4.53. The van der Waals surface area contributed by atoms with Crippen LogP contribution in [-0.4, -0.2) is 52.0 Å². The average molecular weight is 488 g/mol. The Morgan fingerprint density at radius 1 is 1.08 bits per heavy atom. The summed E-state index contributed by atoms with van der Waals surface area (Å²) in [5, 5.41) is 11.7. The van der Waals surface area contributed by atoms with Crippen molar-refractivity contribution < 1.29 is 28.6 Å². The molecule has 36 heavy (non-hydrogen) atoms. The number of fused-ring (bicyclic) bond motifs is 1. The molecule has 0 saturated carbocycles. The molecule has 1 aliphatic heterocycles. The number of Topliss-reactive ketones (excluding diaryl/α,β-unsaturated/α-hetero) is 1. The van der Waals surface area contributed by atoms with Crippen molar-refractivity contribution in [2.45, 2.75) is 19.0 Å². The molecular weight excluding hydrogens is 462 g/mol. The van der Waals surface area contributed by atoms with E-state index in [1.807, 2.05) is 29.0 Å². The van der Waals surface area contributed by atoms with E-state index in [1.54, 1.807) is 42.9 Å². The minimum Gasteiger partial charge on any atom is -0.503 e. The van der Waals surface area contributed by atoms with E-state index in [0.717, 1.165) is 5.39 Å². The van der Waals surface area contributed by atoms with Crippen molar-refractivity contribution in [3.05, 3.63) is 89.9 Å². The van der Waals surface area contributed by atoms with Crippen molar-refractivity contribution in [3.8, 4) is 11.5 Å². The number of hydrogen-bond acceptors (Lipinski definition) is 7. The second-order valence-electron chi connectivity index (χ2n) is 8.41. The van der Waals surface area contributed by atoms with E-state index in [9.17, 15) is 14.7 Å². The monoisotopic (exact) mass is 487 g/mol. The van der Waals surface area contributed by atoms with Crippen LogP contribution in [0.15, 0.2) is 83.0 Å². The van der Waals surface area contributed by atoms with Gasteiger partial charge >= 0.3 is 0 Å². The minimum absolute atomic E-state index is 0.0334. The number of nitrogens with zero attached hydrogens (tertiary/aromatic N) is 3. The maximum absolute atomic E-state index is 13.7. The Morgan fingerprint density at radius 2 is 1.89 bits per heavy atom. The van der Waals surface area contributed by atoms with Crippen molar-refractivity contribution in [3.63, 3.8) is 0 Å². The van der Waals surface area contributed by atoms with E-state index in [2.05, 4.69) is 4.98 Å². The molecule has 1 amide bonds. The molecule has 0 bridgehead atoms. The maximum atomic E-state index is 13.7. The lowest BCUT2D eigenvalue weighted by atomic mass is 9.94. The summed E-state index contributed by atoms with van der Waals surface area (Å²) in [5.74, 6) is -0.730. The highest BCUT2D eigenvalue weighted by Crippen LogP contribution is 2.42. The number of imidazole rings is 1. The molecule has 2 aromatic carbocycles. The normalized spacial score (nSPS) is 15.7. The van der Waals surface area contributed by atoms with E-state index in [-0.39, 0.29) is 11.3 Å². The molecule has 1 N–H and O–H groups in total. The molecule has 0 fully saturated rings. The standard InChI is InChI=1S/C27H25N3O6/c1-34-20-9-8-18(15-21(20)35-2)24-23(25(31)22-14-17-6-3-4-7-19(17)36-22)26(32)27(33)30(24)12-5-11-29-13-10-28-16-29/h3-4,6-10,13-16,24,32H,5,11-12H2,1-2H3/t24-/m0/s1. The Labute approximate surface area is 207 Å². The van der Waals surface area contributed by atoms with Crippen LogP contribution in [0.3, 0.4) is 0 Å². The fraction of sp³-hybridized carbons (Fsp3) is 0.222. The van der Waals surface area contributed by atoms with Gasteiger partial charge in [0.15, 0.2) is 23.0 Å². The minimum atomic E-state index is -0.833. The zero-order chi connectivity index (χ0) is 25.2. The van der Waals surface area contributed by atoms with Gasteiger partial charge in [0.05, 0.1) is 32.2 Å². The first kappa shape index (κ1) is 23.2. The van der Waals surface area contributed by atoms with E-state index in [4.69, 9.17) is 13.9 Å². The summed E-state index contributed by atoms with van der Waals surface area (Å²) >= 11 is 0. The van der Waals surface area contributed by atoms with Crippen molar-refractivity contribution in [1.82, 2.24) is 14.5 Å². The lowest BCUT2D eigenvalue weighted by molar-refractivity contribution is -0.129. The number of carbonyl (C=O) groups excluding carboxylic acids is 2. The molecule has 2 aromatic heterocycles. The summed E-state index contributed by atoms with van der Waals surface area (Å²) in [7, 11) is 3.04. The van der Waals surface area contributed by atoms with E-state index >= 15 is 0 Å². The van der Waals surface area contributed by atoms with Crippen LogP contribution in [0, 0.1) is 0 Å². The SMILES string of the molecule is COc1ccc([C@H]2C(C(=O)c3cc4ccccc4o3)=C(O)C(=O)N2CCCn2ccnc2)cc1OC. The summed E-state index contributed by atoms with van der Waals surface area (Å²) in [6, 6.07) is 13.2. The second-order valence-corrected chi connectivity index (χ2v) is 8.41. The molecular formula is C27H25N3O6. The van der Waals surface area contributed by atoms with Gasteiger partial charge in [-0.2, -0.15) is 0 Å². The molecule has 0 spiro atoms. The average Bonchev–Trinajstić information content (AvgIpc) is 3.63. The van der Waals surface area contributed by atoms with E-state index < -0.39 is 23.5 Å². The van der Waals surface area contributed by atoms with Gasteiger partial charge in [-0.1, -0.05) is 24.3 Å². The van der Waals surface area contributed by atoms with Crippen LogP contribution in [0.4, 0.5) is 0 Å². The predicted octanol–water partition coefficient (Wildman–Crippen LogP) is 4.32. The highest BCUT2D eigenvalue weighted by atomic mass is 16.5. The number of hydrogen-bond donors (Lipinski definition) is 1. The van der Waals surface area contributed by atoms with Crippen LogP contribution in [0.25, 0.3) is 11.0 Å². The van der Waals surface area contributed by atoms with E-state index in [1.165, 1.54) is 19.1 Å². The third kappa shape index (κ3) is 4.08. The van der Waals surface area contributed by atoms with Gasteiger partial charge in [-0.15, -0.1) is 0 Å². The molecule has 5 rings (SSSR count). The zero-order valence-corrected chi connectivity index (χ0v) is 19.9. The van der Waals surface area contributed by atoms with Crippen LogP contribution < -0.4 is 9.47 Å². The number of methoxy groups -OCH3 is 2. The van der Waals surface area contributed by atoms with Gasteiger partial charge in [-0.3, -0.25) is 9.59 Å². The number of carbonyl (C=O) groups is 2. The number of ether oxygens (including phenoxy) is 2. The molecule has 184 valence electrons. The zero-order valence-electron chi connectivity index (χ0n) is 19.9. The van der Waals surface area contributed by atoms with Gasteiger partial charge in [-0.25, -0.2) is 4.98 Å². The highest BCUT2D eigenvalue weighted by molar-refractivity contribution is 6.16. The van der Waals surface area contributed by atoms with Crippen LogP contribution in [0.5, 0.6) is 11.5 Å². The van der Waals surface area contributed by atoms with Gasteiger partial charge in [0.2, 0.25) is 5.78 Å². The molecule has 9 heteroatoms. The Bertz CT molecular complexity index is 1420. The first-order valence-electron chi connectivity index (χ1n) is 11.5. The quantitative estimate of drug-likeness (QED) is 0.351. The Balaban J connectivity index is 1.54. The van der Waals surface area contributed by atoms with Crippen LogP contribution in [0.2, 0.25) is 0 Å². The molecule has 0 unspecified atom stereocenters. The van der Waals surface area contributed by atoms with Crippen molar-refractivity contribution in [2.75, 3.05) is 20.8 Å². The van der Waals surface area contributed by atoms with Gasteiger partial charge in [0, 0.05) is 30.9 Å². The third-order valence-electron chi connectivity index (χ3n) is 6.30. The summed E-state index contributed by atoms with van der Waals surface area (Å²) in [5.41, 5.74) is 1.12. The van der Waals surface area contributed by atoms with Crippen LogP contribution in [-0.2, 0) is 11.3 Å². The summed E-state index contributed by atoms with van der Waals surface area (Å²) in [6.45, 7) is 0.924. The summed E-state index contributed by atoms with van der Waals surface area (Å²) in [6.07, 6.45) is 5.81. The number of para-hydroxylation sites is 1. The summed E-state index contributed by atoms with van der Waals surface area (Å²) in [4.78, 5) is 32.5. The number of aliphatic hydroxyl groups is 1. The fourth-order valence-corrected chi connectivity index (χ4v) is 4.55. The van der Waals surface area contributed by atoms with Crippen molar-refractivity contribution in [1.29, 1.82) is 0 Å². The Morgan fingerprint density at radius 3 is 2.61 bits per heavy atom. The summed E-state index contributed by atoms with van der Waals surface area (Å²) < 4.78 is 18.5. The van der Waals surface area contributed by atoms with Crippen LogP contribution in [0.1, 0.15) is 28.6 Å². The second kappa shape index (κ2) is 9.61. The molecule has 4 aromatic rings. The first-order chi connectivity index (χ1) is 17.5. The first-order valence-corrected chi connectivity index (χ1v) is 11.5. The van der Waals surface area contributed by atoms with Gasteiger partial charge in [0.1, 0.15) is 5.58 Å². The lowest BCUT2D eigenvalue weighted by Gasteiger charge is -2.27. The number of furan rings is 1. The van der Waals surface area contributed by atoms with Crippen LogP contribution >= 0.6 is 0 Å². The van der Waals surface area contributed by atoms with Gasteiger partial charge in [0.25, 0.3) is 5.91 Å². The van der Waals surface area contributed by atoms with E-state index in [0.29, 0.717) is 42.2 Å². The van der Waals surface area contributed by atoms with Gasteiger partial charge in [-0.05, 0) is 36.2 Å². The number of ketones is 1. The van der Waals surface area contributed by atoms with Crippen molar-refractivity contribution in [2.24, 2.45) is 0 Å². The number of rotatable bonds is 9. The van der Waals surface area contributed by atoms with Gasteiger partial charge < -0.3 is 28.5 Å². The number of amides is 1. The lowest BCUT2D eigenvalue weighted by Crippen LogP contribution is -2.32. The molecule has 3 heterocycles. The highest BCUT2D eigenvalue weighted by Gasteiger charge is 2.44.